The van der Waals surface area contributed by atoms with E-state index in [1.54, 1.807) is 0 Å². The second-order valence-corrected chi connectivity index (χ2v) is 14.2. The van der Waals surface area contributed by atoms with E-state index in [9.17, 15) is 32.7 Å². The molecule has 12 heteroatoms. The fraction of sp³-hybridized carbons (Fsp3) is 0.786. The molecule has 2 saturated carbocycles. The number of hydrogen-bond acceptors (Lipinski definition) is 7. The number of nitrogens with zero attached hydrogens (tertiary/aromatic N) is 2. The minimum Gasteiger partial charge on any atom is -0.391 e. The van der Waals surface area contributed by atoms with Gasteiger partial charge in [-0.15, -0.1) is 0 Å². The molecule has 0 aromatic carbocycles. The van der Waals surface area contributed by atoms with Gasteiger partial charge in [0.25, 0.3) is 5.91 Å². The summed E-state index contributed by atoms with van der Waals surface area (Å²) >= 11 is 0. The van der Waals surface area contributed by atoms with E-state index in [-0.39, 0.29) is 43.5 Å². The Kier molecular flexibility index (Phi) is 8.56. The Balaban J connectivity index is 1.36. The molecule has 0 bridgehead atoms. The van der Waals surface area contributed by atoms with Crippen molar-refractivity contribution in [2.24, 2.45) is 11.8 Å². The van der Waals surface area contributed by atoms with Crippen LogP contribution in [0.2, 0.25) is 0 Å². The van der Waals surface area contributed by atoms with E-state index in [1.165, 1.54) is 4.90 Å². The fourth-order valence-electron chi connectivity index (χ4n) is 6.39. The molecule has 222 valence electrons. The maximum atomic E-state index is 13.8. The van der Waals surface area contributed by atoms with Crippen molar-refractivity contribution < 1.29 is 32.7 Å². The number of hydrogen-bond donors (Lipinski definition) is 3. The van der Waals surface area contributed by atoms with Crippen LogP contribution in [-0.2, 0) is 29.2 Å². The largest absolute Gasteiger partial charge is 0.391 e. The van der Waals surface area contributed by atoms with Crippen LogP contribution in [0, 0.1) is 11.8 Å². The number of likely N-dealkylation sites (tertiary alicyclic amines) is 1. The van der Waals surface area contributed by atoms with Crippen LogP contribution in [0.25, 0.3) is 0 Å². The highest BCUT2D eigenvalue weighted by molar-refractivity contribution is 7.91. The van der Waals surface area contributed by atoms with E-state index in [4.69, 9.17) is 0 Å². The molecule has 4 amide bonds. The van der Waals surface area contributed by atoms with Crippen molar-refractivity contribution in [1.29, 1.82) is 0 Å². The van der Waals surface area contributed by atoms with E-state index in [0.717, 1.165) is 44.9 Å². The number of amides is 4. The number of sulfonamides is 1. The average molecular weight is 579 g/mol. The normalized spacial score (nSPS) is 33.7. The zero-order chi connectivity index (χ0) is 28.5. The molecule has 3 heterocycles. The van der Waals surface area contributed by atoms with Gasteiger partial charge in [-0.1, -0.05) is 25.0 Å². The van der Waals surface area contributed by atoms with Gasteiger partial charge in [0.1, 0.15) is 11.6 Å². The van der Waals surface area contributed by atoms with Crippen molar-refractivity contribution >= 4 is 33.7 Å². The molecule has 5 atom stereocenters. The SMILES string of the molecule is O=C1N[C@]2(C(=O)NS(=O)(=O)C3CC3)C[C@H]2C=CCCCCC[C@H](CC(=O)N2CCCCC2)C(=O)N2C[C@H](O)C[C@@H]12. The topological polar surface area (TPSA) is 153 Å². The first-order chi connectivity index (χ1) is 19.1. The Bertz CT molecular complexity index is 1150. The quantitative estimate of drug-likeness (QED) is 0.411. The van der Waals surface area contributed by atoms with Crippen LogP contribution in [0.1, 0.15) is 83.5 Å². The van der Waals surface area contributed by atoms with Crippen molar-refractivity contribution in [3.05, 3.63) is 12.2 Å². The summed E-state index contributed by atoms with van der Waals surface area (Å²) in [5.41, 5.74) is -1.42. The molecule has 2 aliphatic carbocycles. The maximum Gasteiger partial charge on any atom is 0.259 e. The van der Waals surface area contributed by atoms with Crippen LogP contribution >= 0.6 is 0 Å². The summed E-state index contributed by atoms with van der Waals surface area (Å²) in [5.74, 6) is -2.67. The molecular weight excluding hydrogens is 536 g/mol. The molecule has 0 radical (unpaired) electrons. The monoisotopic (exact) mass is 578 g/mol. The van der Waals surface area contributed by atoms with Crippen molar-refractivity contribution in [2.45, 2.75) is 106 Å². The third-order valence-corrected chi connectivity index (χ3v) is 10.9. The summed E-state index contributed by atoms with van der Waals surface area (Å²) in [5, 5.41) is 12.7. The number of carbonyl (C=O) groups excluding carboxylic acids is 4. The maximum absolute atomic E-state index is 13.8. The molecule has 40 heavy (non-hydrogen) atoms. The summed E-state index contributed by atoms with van der Waals surface area (Å²) in [7, 11) is -3.81. The lowest BCUT2D eigenvalue weighted by Crippen LogP contribution is -2.57. The molecule has 2 saturated heterocycles. The van der Waals surface area contributed by atoms with E-state index in [2.05, 4.69) is 10.0 Å². The van der Waals surface area contributed by atoms with Crippen molar-refractivity contribution in [1.82, 2.24) is 19.8 Å². The summed E-state index contributed by atoms with van der Waals surface area (Å²) < 4.78 is 27.2. The lowest BCUT2D eigenvalue weighted by molar-refractivity contribution is -0.145. The van der Waals surface area contributed by atoms with E-state index in [1.807, 2.05) is 17.1 Å². The molecule has 3 N–H and O–H groups in total. The predicted molar refractivity (Wildman–Crippen MR) is 146 cm³/mol. The van der Waals surface area contributed by atoms with Gasteiger partial charge in [0.15, 0.2) is 0 Å². The number of nitrogens with one attached hydrogen (secondary N) is 2. The standard InChI is InChI=1S/C28H42N4O7S/c33-21-16-23-25(35)29-28(27(37)30-40(38,39)22-11-12-22)17-20(28)10-6-3-1-2-5-9-19(26(36)32(23)18-21)15-24(34)31-13-7-4-8-14-31/h6,10,19-23,33H,1-5,7-9,11-18H2,(H,29,35)(H,30,37)/t19-,20-,21-,23+,28-/m1/s1. The van der Waals surface area contributed by atoms with Gasteiger partial charge in [-0.05, 0) is 57.8 Å². The average Bonchev–Trinajstić information content (AvgIpc) is 3.84. The van der Waals surface area contributed by atoms with Crippen LogP contribution in [0.5, 0.6) is 0 Å². The molecule has 5 rings (SSSR count). The highest BCUT2D eigenvalue weighted by Gasteiger charge is 2.62. The van der Waals surface area contributed by atoms with E-state index < -0.39 is 50.7 Å². The first kappa shape index (κ1) is 29.0. The Hall–Kier alpha value is -2.47. The summed E-state index contributed by atoms with van der Waals surface area (Å²) in [6.07, 6.45) is 11.1. The third-order valence-electron chi connectivity index (χ3n) is 9.10. The van der Waals surface area contributed by atoms with Crippen LogP contribution in [0.15, 0.2) is 12.2 Å². The number of aliphatic hydroxyl groups excluding tert-OH is 1. The van der Waals surface area contributed by atoms with Gasteiger partial charge in [0.2, 0.25) is 27.7 Å². The lowest BCUT2D eigenvalue weighted by Gasteiger charge is -2.31. The first-order valence-electron chi connectivity index (χ1n) is 14.9. The smallest absolute Gasteiger partial charge is 0.259 e. The highest BCUT2D eigenvalue weighted by Crippen LogP contribution is 2.46. The summed E-state index contributed by atoms with van der Waals surface area (Å²) in [6, 6.07) is -1.00. The molecule has 0 aromatic rings. The van der Waals surface area contributed by atoms with Crippen LogP contribution in [0.4, 0.5) is 0 Å². The van der Waals surface area contributed by atoms with Crippen LogP contribution in [-0.4, -0.2) is 89.5 Å². The number of piperidine rings is 1. The van der Waals surface area contributed by atoms with Crippen molar-refractivity contribution in [2.75, 3.05) is 19.6 Å². The molecule has 3 aliphatic heterocycles. The van der Waals surface area contributed by atoms with Gasteiger partial charge in [-0.2, -0.15) is 0 Å². The fourth-order valence-corrected chi connectivity index (χ4v) is 7.76. The van der Waals surface area contributed by atoms with Gasteiger partial charge in [-0.25, -0.2) is 8.42 Å². The second kappa shape index (κ2) is 11.8. The van der Waals surface area contributed by atoms with E-state index in [0.29, 0.717) is 32.4 Å². The van der Waals surface area contributed by atoms with Crippen LogP contribution in [0.3, 0.4) is 0 Å². The predicted octanol–water partition coefficient (Wildman–Crippen LogP) is 0.971. The Morgan fingerprint density at radius 2 is 1.77 bits per heavy atom. The van der Waals surface area contributed by atoms with Gasteiger partial charge >= 0.3 is 0 Å². The second-order valence-electron chi connectivity index (χ2n) is 12.3. The molecule has 0 unspecified atom stereocenters. The minimum atomic E-state index is -3.81. The number of allylic oxidation sites excluding steroid dienone is 1. The number of aliphatic hydroxyl groups is 1. The Morgan fingerprint density at radius 1 is 1.05 bits per heavy atom. The lowest BCUT2D eigenvalue weighted by atomic mass is 9.94. The molecular formula is C28H42N4O7S. The highest BCUT2D eigenvalue weighted by atomic mass is 32.2. The number of carbonyl (C=O) groups is 4. The third kappa shape index (κ3) is 6.37. The zero-order valence-electron chi connectivity index (χ0n) is 23.1. The molecule has 11 nitrogen and oxygen atoms in total. The molecule has 0 aromatic heterocycles. The van der Waals surface area contributed by atoms with Gasteiger partial charge < -0.3 is 20.2 Å². The minimum absolute atomic E-state index is 0.0168. The Morgan fingerprint density at radius 3 is 2.50 bits per heavy atom. The van der Waals surface area contributed by atoms with Crippen LogP contribution < -0.4 is 10.0 Å². The van der Waals surface area contributed by atoms with Crippen molar-refractivity contribution in [3.63, 3.8) is 0 Å². The zero-order valence-corrected chi connectivity index (χ0v) is 23.9. The Labute approximate surface area is 236 Å². The van der Waals surface area contributed by atoms with Gasteiger partial charge in [0, 0.05) is 44.3 Å². The van der Waals surface area contributed by atoms with E-state index >= 15 is 0 Å². The molecule has 5 aliphatic rings. The van der Waals surface area contributed by atoms with Gasteiger partial charge in [0.05, 0.1) is 11.4 Å². The number of fused-ring (bicyclic) bond motifs is 2. The number of rotatable bonds is 5. The summed E-state index contributed by atoms with van der Waals surface area (Å²) in [4.78, 5) is 57.0. The molecule has 4 fully saturated rings. The first-order valence-corrected chi connectivity index (χ1v) is 16.5. The van der Waals surface area contributed by atoms with Gasteiger partial charge in [-0.3, -0.25) is 23.9 Å². The molecule has 0 spiro atoms. The van der Waals surface area contributed by atoms with Crippen molar-refractivity contribution in [3.8, 4) is 0 Å². The summed E-state index contributed by atoms with van der Waals surface area (Å²) in [6.45, 7) is 1.37.